The van der Waals surface area contributed by atoms with E-state index in [1.807, 2.05) is 24.8 Å². The Morgan fingerprint density at radius 3 is 1.01 bits per heavy atom. The van der Waals surface area contributed by atoms with Gasteiger partial charge in [0.1, 0.15) is 0 Å². The zero-order valence-corrected chi connectivity index (χ0v) is 69.4. The van der Waals surface area contributed by atoms with E-state index < -0.39 is 0 Å². The molecule has 10 aromatic carbocycles. The van der Waals surface area contributed by atoms with Crippen molar-refractivity contribution in [2.75, 3.05) is 0 Å². The third kappa shape index (κ3) is 13.2. The Bertz CT molecular complexity index is 5980. The Hall–Kier alpha value is -10.6. The molecular weight excluding hydrogens is 1400 g/mol. The summed E-state index contributed by atoms with van der Waals surface area (Å²) in [5.74, 6) is 0. The Morgan fingerprint density at radius 2 is 0.598 bits per heavy atom. The van der Waals surface area contributed by atoms with Gasteiger partial charge < -0.3 is 0 Å². The molecule has 4 aromatic heterocycles. The van der Waals surface area contributed by atoms with Crippen molar-refractivity contribution in [1.29, 1.82) is 0 Å². The number of aromatic nitrogens is 4. The van der Waals surface area contributed by atoms with Crippen LogP contribution in [0.3, 0.4) is 0 Å². The second-order valence-corrected chi connectivity index (χ2v) is 37.4. The number of hydrogen-bond acceptors (Lipinski definition) is 4. The van der Waals surface area contributed by atoms with E-state index in [1.54, 1.807) is 0 Å². The van der Waals surface area contributed by atoms with E-state index in [1.165, 1.54) is 38.9 Å². The first kappa shape index (κ1) is 75.4. The van der Waals surface area contributed by atoms with Crippen molar-refractivity contribution >= 4 is 23.2 Å². The zero-order chi connectivity index (χ0) is 78.8. The van der Waals surface area contributed by atoms with Gasteiger partial charge in [-0.25, -0.2) is 0 Å². The molecule has 2 aliphatic rings. The first-order valence-corrected chi connectivity index (χ1v) is 40.4. The summed E-state index contributed by atoms with van der Waals surface area (Å²) in [6, 6.07) is 95.4. The van der Waals surface area contributed by atoms with Crippen molar-refractivity contribution in [3.63, 3.8) is 0 Å². The van der Waals surface area contributed by atoms with E-state index >= 15 is 0 Å². The van der Waals surface area contributed by atoms with E-state index in [0.29, 0.717) is 10.0 Å². The second-order valence-electron chi connectivity index (χ2n) is 36.5. The van der Waals surface area contributed by atoms with E-state index in [0.717, 1.165) is 140 Å². The van der Waals surface area contributed by atoms with Gasteiger partial charge in [0.25, 0.3) is 0 Å². The molecule has 0 bridgehead atoms. The van der Waals surface area contributed by atoms with Gasteiger partial charge in [0.15, 0.2) is 0 Å². The van der Waals surface area contributed by atoms with Gasteiger partial charge in [0.2, 0.25) is 0 Å². The van der Waals surface area contributed by atoms with E-state index in [-0.39, 0.29) is 43.3 Å². The summed E-state index contributed by atoms with van der Waals surface area (Å²) in [5, 5.41) is 1.34. The minimum Gasteiger partial charge on any atom is -0.256 e. The van der Waals surface area contributed by atoms with Crippen LogP contribution in [-0.4, -0.2) is 19.9 Å². The SMILES string of the molecule is CC(C)(C)c1ccnc(-c2ccc(-c3ccccc3-c3cc(Cl)cc(-c4cc(CC5(C)c6ccc(-c7ccc(-c8ccccc8-c8cc(Cl)cc(-c9ccccc9-c9ccc(-c%10ccc%11c(c%10)C(C)(C)C(C)(C)C%11(C)C)nc9)c8)cn7)cc6C(C)(C)C5(C)C)ccc4-c4ccc(-c5cc(C(C)(C)C)ccn5)cc4)c3)cc2)c1. The molecule has 4 nitrogen and oxygen atoms in total. The zero-order valence-electron chi connectivity index (χ0n) is 67.9. The maximum absolute atomic E-state index is 7.42. The molecule has 6 heteroatoms. The highest BCUT2D eigenvalue weighted by Crippen LogP contribution is 2.64. The normalized spacial score (nSPS) is 16.4. The molecule has 558 valence electrons. The van der Waals surface area contributed by atoms with Crippen molar-refractivity contribution in [2.45, 2.75) is 157 Å². The minimum absolute atomic E-state index is 0.00422. The van der Waals surface area contributed by atoms with Crippen LogP contribution in [0.4, 0.5) is 0 Å². The van der Waals surface area contributed by atoms with Crippen LogP contribution in [0.15, 0.2) is 286 Å². The quantitative estimate of drug-likeness (QED) is 0.109. The van der Waals surface area contributed by atoms with Gasteiger partial charge in [-0.3, -0.25) is 19.9 Å². The third-order valence-electron chi connectivity index (χ3n) is 27.2. The molecule has 0 saturated carbocycles. The Labute approximate surface area is 674 Å². The van der Waals surface area contributed by atoms with Crippen molar-refractivity contribution in [2.24, 2.45) is 10.8 Å². The molecule has 1 atom stereocenters. The number of fused-ring (bicyclic) bond motifs is 2. The van der Waals surface area contributed by atoms with Gasteiger partial charge >= 0.3 is 0 Å². The van der Waals surface area contributed by atoms with Crippen LogP contribution >= 0.6 is 23.2 Å². The topological polar surface area (TPSA) is 51.6 Å². The molecule has 0 fully saturated rings. The lowest BCUT2D eigenvalue weighted by Crippen LogP contribution is -2.45. The molecule has 0 aliphatic heterocycles. The van der Waals surface area contributed by atoms with Crippen LogP contribution in [0.1, 0.15) is 157 Å². The van der Waals surface area contributed by atoms with Crippen molar-refractivity contribution < 1.29 is 0 Å². The summed E-state index contributed by atoms with van der Waals surface area (Å²) in [7, 11) is 0. The van der Waals surface area contributed by atoms with Crippen LogP contribution in [-0.2, 0) is 38.9 Å². The predicted molar refractivity (Wildman–Crippen MR) is 474 cm³/mol. The maximum Gasteiger partial charge on any atom is 0.0704 e. The number of benzene rings is 10. The smallest absolute Gasteiger partial charge is 0.0704 e. The minimum atomic E-state index is -0.276. The van der Waals surface area contributed by atoms with Gasteiger partial charge in [-0.05, 0) is 246 Å². The fourth-order valence-electron chi connectivity index (χ4n) is 18.2. The van der Waals surface area contributed by atoms with Crippen molar-refractivity contribution in [1.82, 2.24) is 19.9 Å². The summed E-state index contributed by atoms with van der Waals surface area (Å²) in [6.45, 7) is 40.2. The van der Waals surface area contributed by atoms with Crippen molar-refractivity contribution in [3.05, 3.63) is 335 Å². The summed E-state index contributed by atoms with van der Waals surface area (Å²) in [4.78, 5) is 20.1. The number of nitrogens with zero attached hydrogens (tertiary/aromatic N) is 4. The molecule has 0 N–H and O–H groups in total. The van der Waals surface area contributed by atoms with Crippen LogP contribution in [0.2, 0.25) is 10.0 Å². The molecule has 4 heterocycles. The molecule has 0 spiro atoms. The van der Waals surface area contributed by atoms with Crippen LogP contribution in [0, 0.1) is 10.8 Å². The summed E-state index contributed by atoms with van der Waals surface area (Å²) >= 11 is 14.6. The molecule has 0 radical (unpaired) electrons. The van der Waals surface area contributed by atoms with Crippen molar-refractivity contribution in [3.8, 4) is 134 Å². The summed E-state index contributed by atoms with van der Waals surface area (Å²) in [6.07, 6.45) is 8.73. The molecular formula is C106H100Cl2N4. The summed E-state index contributed by atoms with van der Waals surface area (Å²) in [5.41, 5.74) is 34.4. The van der Waals surface area contributed by atoms with E-state index in [4.69, 9.17) is 43.1 Å². The average molecular weight is 1500 g/mol. The standard InChI is InChI=1S/C106H100Cl2N4/c1-99(2,3)79-48-50-109-97(61-79)69-35-31-67(32-36-69)83-24-18-21-27-86(83)77-54-78(58-82(108)57-77)90-52-66(30-43-89(90)68-33-37-70(38-34-68)98-62-80(49-51-110-98)100(4,5)6)63-106(17)92-45-40-72(60-94(92)103(11,12)105(106,15)16)96-47-42-74(65-112-96)85-26-20-23-29-88(85)76-53-75(55-81(107)56-76)87-28-22-19-25-84(87)73-41-46-95(111-64-73)71-39-44-91-93(59-71)102(9,10)104(13,14)101(91,7)8/h18-62,64-65H,63H2,1-17H3. The lowest BCUT2D eigenvalue weighted by Gasteiger charge is -2.47. The Kier molecular flexibility index (Phi) is 18.8. The Balaban J connectivity index is 0.699. The number of halogens is 2. The highest BCUT2D eigenvalue weighted by molar-refractivity contribution is 6.31. The third-order valence-corrected chi connectivity index (χ3v) is 27.6. The molecule has 0 amide bonds. The number of rotatable bonds is 14. The predicted octanol–water partition coefficient (Wildman–Crippen LogP) is 29.6. The van der Waals surface area contributed by atoms with Gasteiger partial charge in [0.05, 0.1) is 22.8 Å². The Morgan fingerprint density at radius 1 is 0.259 bits per heavy atom. The van der Waals surface area contributed by atoms with E-state index in [2.05, 4.69) is 379 Å². The molecule has 112 heavy (non-hydrogen) atoms. The molecule has 0 saturated heterocycles. The monoisotopic (exact) mass is 1500 g/mol. The highest BCUT2D eigenvalue weighted by Gasteiger charge is 2.59. The van der Waals surface area contributed by atoms with Gasteiger partial charge in [-0.15, -0.1) is 0 Å². The van der Waals surface area contributed by atoms with Gasteiger partial charge in [-0.1, -0.05) is 317 Å². The van der Waals surface area contributed by atoms with Crippen LogP contribution in [0.5, 0.6) is 0 Å². The number of pyridine rings is 4. The maximum atomic E-state index is 7.42. The fraction of sp³-hybridized carbons (Fsp3) is 0.245. The second kappa shape index (κ2) is 27.9. The fourth-order valence-corrected chi connectivity index (χ4v) is 18.6. The first-order chi connectivity index (χ1) is 53.2. The average Bonchev–Trinajstić information content (AvgIpc) is 1.54. The van der Waals surface area contributed by atoms with Crippen LogP contribution < -0.4 is 0 Å². The number of hydrogen-bond donors (Lipinski definition) is 0. The first-order valence-electron chi connectivity index (χ1n) is 39.6. The molecule has 14 aromatic rings. The van der Waals surface area contributed by atoms with Gasteiger partial charge in [-0.2, -0.15) is 0 Å². The molecule has 16 rings (SSSR count). The lowest BCUT2D eigenvalue weighted by molar-refractivity contribution is 0.111. The lowest BCUT2D eigenvalue weighted by atomic mass is 9.57. The summed E-state index contributed by atoms with van der Waals surface area (Å²) < 4.78 is 0. The highest BCUT2D eigenvalue weighted by atomic mass is 35.5. The van der Waals surface area contributed by atoms with Crippen LogP contribution in [0.25, 0.3) is 134 Å². The largest absolute Gasteiger partial charge is 0.256 e. The van der Waals surface area contributed by atoms with E-state index in [9.17, 15) is 0 Å². The molecule has 2 aliphatic carbocycles. The van der Waals surface area contributed by atoms with Gasteiger partial charge in [0, 0.05) is 73.6 Å². The molecule has 1 unspecified atom stereocenters.